The molecule has 2 rings (SSSR count). The molecule has 2 atom stereocenters. The first-order chi connectivity index (χ1) is 9.37. The topological polar surface area (TPSA) is 55.4 Å². The van der Waals surface area contributed by atoms with Crippen molar-refractivity contribution in [2.75, 3.05) is 11.5 Å². The van der Waals surface area contributed by atoms with Gasteiger partial charge >= 0.3 is 6.61 Å². The van der Waals surface area contributed by atoms with E-state index in [1.807, 2.05) is 0 Å². The van der Waals surface area contributed by atoms with Crippen molar-refractivity contribution in [1.29, 1.82) is 0 Å². The van der Waals surface area contributed by atoms with Gasteiger partial charge in [-0.05, 0) is 19.4 Å². The van der Waals surface area contributed by atoms with Gasteiger partial charge in [0.05, 0.1) is 11.5 Å². The number of hydrogen-bond donors (Lipinski definition) is 1. The smallest absolute Gasteiger partial charge is 0.387 e. The number of halogens is 2. The van der Waals surface area contributed by atoms with Crippen molar-refractivity contribution in [2.24, 2.45) is 0 Å². The first-order valence-corrected chi connectivity index (χ1v) is 8.20. The van der Waals surface area contributed by atoms with Gasteiger partial charge in [-0.1, -0.05) is 18.2 Å². The zero-order chi connectivity index (χ0) is 14.8. The molecule has 0 radical (unpaired) electrons. The molecule has 4 nitrogen and oxygen atoms in total. The monoisotopic (exact) mass is 305 g/mol. The lowest BCUT2D eigenvalue weighted by Crippen LogP contribution is -2.32. The average Bonchev–Trinajstić information content (AvgIpc) is 2.68. The summed E-state index contributed by atoms with van der Waals surface area (Å²) in [7, 11) is -2.97. The van der Waals surface area contributed by atoms with Crippen LogP contribution in [0.15, 0.2) is 24.3 Å². The highest BCUT2D eigenvalue weighted by molar-refractivity contribution is 7.91. The van der Waals surface area contributed by atoms with Crippen LogP contribution in [0.2, 0.25) is 0 Å². The number of sulfone groups is 1. The summed E-state index contributed by atoms with van der Waals surface area (Å²) in [4.78, 5) is 0. The van der Waals surface area contributed by atoms with Gasteiger partial charge in [0.25, 0.3) is 0 Å². The molecule has 1 heterocycles. The van der Waals surface area contributed by atoms with E-state index in [0.717, 1.165) is 0 Å². The van der Waals surface area contributed by atoms with E-state index in [-0.39, 0.29) is 29.3 Å². The minimum absolute atomic E-state index is 0.0925. The Morgan fingerprint density at radius 1 is 1.35 bits per heavy atom. The predicted molar refractivity (Wildman–Crippen MR) is 71.7 cm³/mol. The summed E-state index contributed by atoms with van der Waals surface area (Å²) in [5.41, 5.74) is 0.595. The summed E-state index contributed by atoms with van der Waals surface area (Å²) in [5.74, 6) is 0.380. The van der Waals surface area contributed by atoms with Crippen molar-refractivity contribution in [1.82, 2.24) is 5.32 Å². The third kappa shape index (κ3) is 3.89. The lowest BCUT2D eigenvalue weighted by Gasteiger charge is -2.21. The number of ether oxygens (including phenoxy) is 1. The van der Waals surface area contributed by atoms with Gasteiger partial charge in [0.1, 0.15) is 5.75 Å². The minimum Gasteiger partial charge on any atom is -0.434 e. The molecule has 0 bridgehead atoms. The van der Waals surface area contributed by atoms with Crippen LogP contribution in [0.25, 0.3) is 0 Å². The van der Waals surface area contributed by atoms with E-state index < -0.39 is 16.4 Å². The van der Waals surface area contributed by atoms with Crippen LogP contribution < -0.4 is 10.1 Å². The summed E-state index contributed by atoms with van der Waals surface area (Å²) in [6.45, 7) is -1.08. The van der Waals surface area contributed by atoms with Crippen molar-refractivity contribution in [3.8, 4) is 5.75 Å². The van der Waals surface area contributed by atoms with Gasteiger partial charge in [-0.2, -0.15) is 8.78 Å². The summed E-state index contributed by atoms with van der Waals surface area (Å²) in [6.07, 6.45) is 0.546. The lowest BCUT2D eigenvalue weighted by atomic mass is 10.1. The Bertz CT molecular complexity index is 562. The van der Waals surface area contributed by atoms with Crippen LogP contribution in [-0.4, -0.2) is 32.6 Å². The molecule has 0 spiro atoms. The molecule has 1 aliphatic rings. The van der Waals surface area contributed by atoms with Crippen molar-refractivity contribution < 1.29 is 21.9 Å². The Morgan fingerprint density at radius 2 is 2.05 bits per heavy atom. The maximum absolute atomic E-state index is 12.3. The van der Waals surface area contributed by atoms with E-state index in [4.69, 9.17) is 0 Å². The predicted octanol–water partition coefficient (Wildman–Crippen LogP) is 2.13. The fraction of sp³-hybridized carbons (Fsp3) is 0.538. The fourth-order valence-electron chi connectivity index (χ4n) is 2.41. The molecule has 1 aliphatic heterocycles. The number of rotatable bonds is 5. The van der Waals surface area contributed by atoms with E-state index in [2.05, 4.69) is 10.1 Å². The zero-order valence-electron chi connectivity index (χ0n) is 11.1. The number of benzene rings is 1. The van der Waals surface area contributed by atoms with Crippen molar-refractivity contribution >= 4 is 9.84 Å². The van der Waals surface area contributed by atoms with Gasteiger partial charge in [-0.25, -0.2) is 8.42 Å². The summed E-state index contributed by atoms with van der Waals surface area (Å²) < 4.78 is 52.0. The van der Waals surface area contributed by atoms with Gasteiger partial charge in [-0.15, -0.1) is 0 Å². The van der Waals surface area contributed by atoms with Gasteiger partial charge < -0.3 is 10.1 Å². The van der Waals surface area contributed by atoms with Crippen LogP contribution in [0.5, 0.6) is 5.75 Å². The zero-order valence-corrected chi connectivity index (χ0v) is 11.9. The molecule has 1 aromatic carbocycles. The van der Waals surface area contributed by atoms with Crippen molar-refractivity contribution in [3.63, 3.8) is 0 Å². The second kappa shape index (κ2) is 6.05. The fourth-order valence-corrected chi connectivity index (χ4v) is 4.10. The number of alkyl halides is 2. The van der Waals surface area contributed by atoms with Crippen molar-refractivity contribution in [3.05, 3.63) is 29.8 Å². The van der Waals surface area contributed by atoms with Crippen LogP contribution in [0.3, 0.4) is 0 Å². The van der Waals surface area contributed by atoms with Gasteiger partial charge in [0, 0.05) is 17.6 Å². The Balaban J connectivity index is 2.07. The van der Waals surface area contributed by atoms with Gasteiger partial charge in [-0.3, -0.25) is 0 Å². The van der Waals surface area contributed by atoms with E-state index >= 15 is 0 Å². The SMILES string of the molecule is CC(NC1CCS(=O)(=O)C1)c1ccccc1OC(F)F. The maximum atomic E-state index is 12.3. The number of para-hydroxylation sites is 1. The minimum atomic E-state index is -2.97. The van der Waals surface area contributed by atoms with Crippen molar-refractivity contribution in [2.45, 2.75) is 32.0 Å². The summed E-state index contributed by atoms with van der Waals surface area (Å²) in [6, 6.07) is 6.12. The van der Waals surface area contributed by atoms with Gasteiger partial charge in [0.15, 0.2) is 9.84 Å². The van der Waals surface area contributed by atoms with E-state index in [9.17, 15) is 17.2 Å². The van der Waals surface area contributed by atoms with Crippen LogP contribution in [0, 0.1) is 0 Å². The largest absolute Gasteiger partial charge is 0.434 e. The molecular weight excluding hydrogens is 288 g/mol. The number of hydrogen-bond acceptors (Lipinski definition) is 4. The standard InChI is InChI=1S/C13H17F2NO3S/c1-9(16-10-6-7-20(17,18)8-10)11-4-2-3-5-12(11)19-13(14)15/h2-5,9-10,13,16H,6-8H2,1H3. The molecule has 7 heteroatoms. The Labute approximate surface area is 117 Å². The van der Waals surface area contributed by atoms with E-state index in [0.29, 0.717) is 12.0 Å². The van der Waals surface area contributed by atoms with Crippen LogP contribution in [-0.2, 0) is 9.84 Å². The molecule has 1 fully saturated rings. The molecule has 20 heavy (non-hydrogen) atoms. The summed E-state index contributed by atoms with van der Waals surface area (Å²) in [5, 5.41) is 3.16. The second-order valence-electron chi connectivity index (χ2n) is 4.90. The Hall–Kier alpha value is -1.21. The second-order valence-corrected chi connectivity index (χ2v) is 7.13. The molecule has 0 amide bonds. The highest BCUT2D eigenvalue weighted by Gasteiger charge is 2.29. The quantitative estimate of drug-likeness (QED) is 0.905. The summed E-state index contributed by atoms with van der Waals surface area (Å²) >= 11 is 0. The molecule has 1 saturated heterocycles. The third-order valence-electron chi connectivity index (χ3n) is 3.32. The van der Waals surface area contributed by atoms with E-state index in [1.54, 1.807) is 25.1 Å². The Kier molecular flexibility index (Phi) is 4.59. The van der Waals surface area contributed by atoms with Crippen LogP contribution in [0.4, 0.5) is 8.78 Å². The first kappa shape index (κ1) is 15.2. The molecular formula is C13H17F2NO3S. The highest BCUT2D eigenvalue weighted by atomic mass is 32.2. The van der Waals surface area contributed by atoms with E-state index in [1.165, 1.54) is 6.07 Å². The lowest BCUT2D eigenvalue weighted by molar-refractivity contribution is -0.0506. The molecule has 0 aliphatic carbocycles. The molecule has 0 aromatic heterocycles. The van der Waals surface area contributed by atoms with Gasteiger partial charge in [0.2, 0.25) is 0 Å². The Morgan fingerprint density at radius 3 is 2.65 bits per heavy atom. The highest BCUT2D eigenvalue weighted by Crippen LogP contribution is 2.27. The molecule has 0 saturated carbocycles. The molecule has 1 aromatic rings. The van der Waals surface area contributed by atoms with Crippen LogP contribution in [0.1, 0.15) is 24.9 Å². The molecule has 112 valence electrons. The first-order valence-electron chi connectivity index (χ1n) is 6.37. The number of nitrogens with one attached hydrogen (secondary N) is 1. The van der Waals surface area contributed by atoms with Crippen LogP contribution >= 0.6 is 0 Å². The average molecular weight is 305 g/mol. The normalized spacial score (nSPS) is 22.9. The third-order valence-corrected chi connectivity index (χ3v) is 5.09. The molecule has 1 N–H and O–H groups in total. The molecule has 2 unspecified atom stereocenters. The maximum Gasteiger partial charge on any atom is 0.387 e.